The number of nitrogens with two attached hydrogens (primary N) is 1. The minimum atomic E-state index is -0.750. The van der Waals surface area contributed by atoms with Gasteiger partial charge in [-0.1, -0.05) is 18.2 Å². The molecule has 0 aromatic heterocycles. The van der Waals surface area contributed by atoms with Gasteiger partial charge in [-0.3, -0.25) is 4.79 Å². The number of nitrogens with zero attached hydrogens (tertiary/aromatic N) is 2. The fourth-order valence-electron chi connectivity index (χ4n) is 1.28. The van der Waals surface area contributed by atoms with Crippen molar-refractivity contribution in [3.05, 3.63) is 41.7 Å². The van der Waals surface area contributed by atoms with E-state index < -0.39 is 5.91 Å². The SMILES string of the molecule is CN(C)/C(Nc1ccccc1)=C(/C#N)C(N)=O. The second kappa shape index (κ2) is 5.56. The summed E-state index contributed by atoms with van der Waals surface area (Å²) in [6.45, 7) is 0. The van der Waals surface area contributed by atoms with E-state index in [1.807, 2.05) is 30.3 Å². The molecule has 0 heterocycles. The molecule has 1 aromatic rings. The molecule has 0 aliphatic heterocycles. The van der Waals surface area contributed by atoms with Crippen molar-refractivity contribution in [2.45, 2.75) is 0 Å². The van der Waals surface area contributed by atoms with Crippen molar-refractivity contribution in [2.75, 3.05) is 19.4 Å². The maximum atomic E-state index is 11.1. The Hall–Kier alpha value is -2.48. The van der Waals surface area contributed by atoms with E-state index in [9.17, 15) is 4.79 Å². The number of carbonyl (C=O) groups is 1. The van der Waals surface area contributed by atoms with Crippen molar-refractivity contribution in [1.29, 1.82) is 5.26 Å². The number of amides is 1. The Kier molecular flexibility index (Phi) is 4.12. The van der Waals surface area contributed by atoms with Gasteiger partial charge in [-0.2, -0.15) is 5.26 Å². The smallest absolute Gasteiger partial charge is 0.263 e. The maximum Gasteiger partial charge on any atom is 0.263 e. The highest BCUT2D eigenvalue weighted by molar-refractivity contribution is 5.97. The van der Waals surface area contributed by atoms with Crippen LogP contribution in [0.1, 0.15) is 0 Å². The average Bonchev–Trinajstić information content (AvgIpc) is 2.29. The molecular formula is C12H14N4O. The highest BCUT2D eigenvalue weighted by Gasteiger charge is 2.14. The number of hydrogen-bond acceptors (Lipinski definition) is 4. The number of carbonyl (C=O) groups excluding carboxylic acids is 1. The standard InChI is InChI=1S/C12H14N4O/c1-16(2)12(10(8-13)11(14)17)15-9-6-4-3-5-7-9/h3-7,15H,1-2H3,(H2,14,17)/b12-10-. The number of benzene rings is 1. The van der Waals surface area contributed by atoms with Crippen LogP contribution in [0.4, 0.5) is 5.69 Å². The Morgan fingerprint density at radius 3 is 2.35 bits per heavy atom. The summed E-state index contributed by atoms with van der Waals surface area (Å²) >= 11 is 0. The third-order valence-corrected chi connectivity index (χ3v) is 2.08. The highest BCUT2D eigenvalue weighted by Crippen LogP contribution is 2.13. The molecule has 0 saturated heterocycles. The second-order valence-electron chi connectivity index (χ2n) is 3.59. The molecule has 17 heavy (non-hydrogen) atoms. The number of para-hydroxylation sites is 1. The molecule has 3 N–H and O–H groups in total. The molecule has 0 atom stereocenters. The summed E-state index contributed by atoms with van der Waals surface area (Å²) in [7, 11) is 3.46. The molecule has 0 aliphatic rings. The lowest BCUT2D eigenvalue weighted by Crippen LogP contribution is -2.26. The first-order valence-corrected chi connectivity index (χ1v) is 5.00. The zero-order valence-electron chi connectivity index (χ0n) is 9.77. The minimum absolute atomic E-state index is 0.0983. The topological polar surface area (TPSA) is 82.2 Å². The van der Waals surface area contributed by atoms with Gasteiger partial charge in [0.1, 0.15) is 11.9 Å². The van der Waals surface area contributed by atoms with Crippen LogP contribution in [0.3, 0.4) is 0 Å². The summed E-state index contributed by atoms with van der Waals surface area (Å²) in [6.07, 6.45) is 0. The van der Waals surface area contributed by atoms with Gasteiger partial charge in [0.05, 0.1) is 0 Å². The number of nitriles is 1. The Balaban J connectivity index is 3.12. The monoisotopic (exact) mass is 230 g/mol. The summed E-state index contributed by atoms with van der Waals surface area (Å²) in [5, 5.41) is 11.9. The number of primary amides is 1. The van der Waals surface area contributed by atoms with Crippen LogP contribution in [0.15, 0.2) is 41.7 Å². The molecule has 5 nitrogen and oxygen atoms in total. The number of anilines is 1. The molecular weight excluding hydrogens is 216 g/mol. The molecule has 0 radical (unpaired) electrons. The van der Waals surface area contributed by atoms with Crippen molar-refractivity contribution in [3.8, 4) is 6.07 Å². The molecule has 0 fully saturated rings. The van der Waals surface area contributed by atoms with E-state index in [2.05, 4.69) is 5.32 Å². The predicted octanol–water partition coefficient (Wildman–Crippen LogP) is 0.881. The third-order valence-electron chi connectivity index (χ3n) is 2.08. The third kappa shape index (κ3) is 3.24. The lowest BCUT2D eigenvalue weighted by molar-refractivity contribution is -0.114. The molecule has 1 amide bonds. The molecule has 88 valence electrons. The normalized spacial score (nSPS) is 11.1. The van der Waals surface area contributed by atoms with E-state index in [1.54, 1.807) is 25.1 Å². The van der Waals surface area contributed by atoms with Gasteiger partial charge >= 0.3 is 0 Å². The number of nitrogens with one attached hydrogen (secondary N) is 1. The van der Waals surface area contributed by atoms with Crippen molar-refractivity contribution >= 4 is 11.6 Å². The van der Waals surface area contributed by atoms with Gasteiger partial charge in [0.15, 0.2) is 5.57 Å². The van der Waals surface area contributed by atoms with Crippen LogP contribution < -0.4 is 11.1 Å². The van der Waals surface area contributed by atoms with Crippen molar-refractivity contribution in [1.82, 2.24) is 4.90 Å². The number of hydrogen-bond donors (Lipinski definition) is 2. The molecule has 0 bridgehead atoms. The van der Waals surface area contributed by atoms with Gasteiger partial charge in [0.25, 0.3) is 5.91 Å². The molecule has 0 saturated carbocycles. The zero-order valence-corrected chi connectivity index (χ0v) is 9.77. The lowest BCUT2D eigenvalue weighted by Gasteiger charge is -2.19. The largest absolute Gasteiger partial charge is 0.365 e. The fourth-order valence-corrected chi connectivity index (χ4v) is 1.28. The Labute approximate surface area is 100 Å². The highest BCUT2D eigenvalue weighted by atomic mass is 16.1. The van der Waals surface area contributed by atoms with Gasteiger partial charge in [0.2, 0.25) is 0 Å². The lowest BCUT2D eigenvalue weighted by atomic mass is 10.2. The van der Waals surface area contributed by atoms with E-state index >= 15 is 0 Å². The first-order chi connectivity index (χ1) is 8.06. The zero-order chi connectivity index (χ0) is 12.8. The van der Waals surface area contributed by atoms with Gasteiger partial charge < -0.3 is 16.0 Å². The summed E-state index contributed by atoms with van der Waals surface area (Å²) < 4.78 is 0. The van der Waals surface area contributed by atoms with Crippen LogP contribution in [-0.4, -0.2) is 24.9 Å². The fraction of sp³-hybridized carbons (Fsp3) is 0.167. The Morgan fingerprint density at radius 2 is 1.94 bits per heavy atom. The average molecular weight is 230 g/mol. The predicted molar refractivity (Wildman–Crippen MR) is 65.6 cm³/mol. The van der Waals surface area contributed by atoms with Crippen LogP contribution in [0, 0.1) is 11.3 Å². The first-order valence-electron chi connectivity index (χ1n) is 5.00. The molecule has 1 aromatic carbocycles. The van der Waals surface area contributed by atoms with Crippen molar-refractivity contribution < 1.29 is 4.79 Å². The quantitative estimate of drug-likeness (QED) is 0.594. The van der Waals surface area contributed by atoms with Crippen molar-refractivity contribution in [2.24, 2.45) is 5.73 Å². The summed E-state index contributed by atoms with van der Waals surface area (Å²) in [4.78, 5) is 12.8. The van der Waals surface area contributed by atoms with Crippen LogP contribution in [-0.2, 0) is 4.79 Å². The molecule has 0 aliphatic carbocycles. The van der Waals surface area contributed by atoms with Crippen LogP contribution in [0.2, 0.25) is 0 Å². The van der Waals surface area contributed by atoms with Gasteiger partial charge in [-0.25, -0.2) is 0 Å². The van der Waals surface area contributed by atoms with E-state index in [4.69, 9.17) is 11.0 Å². The first kappa shape index (κ1) is 12.6. The Bertz CT molecular complexity index is 471. The second-order valence-corrected chi connectivity index (χ2v) is 3.59. The number of rotatable bonds is 4. The van der Waals surface area contributed by atoms with E-state index in [-0.39, 0.29) is 5.57 Å². The molecule has 0 unspecified atom stereocenters. The van der Waals surface area contributed by atoms with E-state index in [1.165, 1.54) is 0 Å². The minimum Gasteiger partial charge on any atom is -0.365 e. The van der Waals surface area contributed by atoms with Crippen LogP contribution >= 0.6 is 0 Å². The van der Waals surface area contributed by atoms with Crippen LogP contribution in [0.5, 0.6) is 0 Å². The summed E-state index contributed by atoms with van der Waals surface area (Å²) in [5.74, 6) is -0.370. The molecule has 0 spiro atoms. The van der Waals surface area contributed by atoms with E-state index in [0.717, 1.165) is 5.69 Å². The van der Waals surface area contributed by atoms with Gasteiger partial charge in [-0.15, -0.1) is 0 Å². The van der Waals surface area contributed by atoms with Crippen molar-refractivity contribution in [3.63, 3.8) is 0 Å². The maximum absolute atomic E-state index is 11.1. The van der Waals surface area contributed by atoms with Gasteiger partial charge in [0, 0.05) is 19.8 Å². The van der Waals surface area contributed by atoms with Gasteiger partial charge in [-0.05, 0) is 12.1 Å². The van der Waals surface area contributed by atoms with Crippen LogP contribution in [0.25, 0.3) is 0 Å². The summed E-state index contributed by atoms with van der Waals surface area (Å²) in [5.41, 5.74) is 5.84. The Morgan fingerprint density at radius 1 is 1.35 bits per heavy atom. The molecule has 1 rings (SSSR count). The molecule has 5 heteroatoms. The summed E-state index contributed by atoms with van der Waals surface area (Å²) in [6, 6.07) is 11.1. The van der Waals surface area contributed by atoms with E-state index in [0.29, 0.717) is 5.82 Å².